The van der Waals surface area contributed by atoms with Crippen molar-refractivity contribution >= 4 is 63.4 Å². The van der Waals surface area contributed by atoms with Crippen molar-refractivity contribution in [2.45, 2.75) is 10.1 Å². The van der Waals surface area contributed by atoms with E-state index in [1.54, 1.807) is 66.1 Å². The van der Waals surface area contributed by atoms with Crippen molar-refractivity contribution in [2.75, 3.05) is 10.6 Å². The predicted molar refractivity (Wildman–Crippen MR) is 227 cm³/mol. The molecule has 0 saturated carbocycles. The number of anilines is 2. The first-order valence-electron chi connectivity index (χ1n) is 17.7. The summed E-state index contributed by atoms with van der Waals surface area (Å²) in [6.07, 6.45) is 1.63. The highest BCUT2D eigenvalue weighted by molar-refractivity contribution is 8.00. The first kappa shape index (κ1) is 38.1. The Morgan fingerprint density at radius 2 is 1.35 bits per heavy atom. The SMILES string of the molecule is O=C(Nc1cccc(SC(C(=O)Nc2nc(-c3cccc([N+](=O)[O-])c3)cs2)c2ccccc2)c1)/C(=C\c1ccc(-c2ccccc2)cc1)NC(=O)c1ccccc1. The van der Waals surface area contributed by atoms with Crippen molar-refractivity contribution in [2.24, 2.45) is 0 Å². The molecule has 0 aliphatic heterocycles. The van der Waals surface area contributed by atoms with E-state index >= 15 is 0 Å². The molecule has 1 atom stereocenters. The molecule has 1 heterocycles. The van der Waals surface area contributed by atoms with Crippen LogP contribution in [-0.4, -0.2) is 27.6 Å². The Hall–Kier alpha value is -7.15. The number of nitrogens with zero attached hydrogens (tertiary/aromatic N) is 2. The van der Waals surface area contributed by atoms with E-state index in [9.17, 15) is 24.5 Å². The van der Waals surface area contributed by atoms with Crippen LogP contribution < -0.4 is 16.0 Å². The van der Waals surface area contributed by atoms with Crippen LogP contribution in [0.5, 0.6) is 0 Å². The first-order chi connectivity index (χ1) is 27.8. The zero-order valence-electron chi connectivity index (χ0n) is 30.1. The number of nitro benzene ring substituents is 1. The number of nitro groups is 1. The molecule has 7 rings (SSSR count). The summed E-state index contributed by atoms with van der Waals surface area (Å²) < 4.78 is 0. The molecule has 6 aromatic carbocycles. The number of amides is 3. The van der Waals surface area contributed by atoms with Gasteiger partial charge in [0.25, 0.3) is 17.5 Å². The van der Waals surface area contributed by atoms with Crippen LogP contribution in [-0.2, 0) is 9.59 Å². The van der Waals surface area contributed by atoms with Gasteiger partial charge in [-0.05, 0) is 58.7 Å². The Bertz CT molecular complexity index is 2560. The van der Waals surface area contributed by atoms with Gasteiger partial charge >= 0.3 is 0 Å². The molecule has 3 amide bonds. The van der Waals surface area contributed by atoms with Gasteiger partial charge in [-0.1, -0.05) is 121 Å². The highest BCUT2D eigenvalue weighted by atomic mass is 32.2. The lowest BCUT2D eigenvalue weighted by Gasteiger charge is -2.17. The van der Waals surface area contributed by atoms with Crippen LogP contribution in [0.2, 0.25) is 0 Å². The molecule has 57 heavy (non-hydrogen) atoms. The number of nitrogens with one attached hydrogen (secondary N) is 3. The zero-order chi connectivity index (χ0) is 39.6. The maximum absolute atomic E-state index is 13.9. The maximum atomic E-state index is 13.9. The van der Waals surface area contributed by atoms with E-state index in [0.29, 0.717) is 38.1 Å². The summed E-state index contributed by atoms with van der Waals surface area (Å²) in [5.41, 5.74) is 5.45. The molecule has 0 saturated heterocycles. The standard InChI is InChI=1S/C45H33N5O5S2/c51-42(34-16-8-3-9-17-34)47-39(26-30-22-24-32(25-23-30)31-12-4-1-5-13-31)43(52)46-36-19-11-21-38(28-36)57-41(33-14-6-2-7-15-33)44(53)49-45-48-40(29-56-45)35-18-10-20-37(27-35)50(54)55/h1-29,41H,(H,46,52)(H,47,51)(H,48,49,53)/b39-26+. The molecule has 0 radical (unpaired) electrons. The molecule has 0 fully saturated rings. The van der Waals surface area contributed by atoms with Gasteiger partial charge in [0, 0.05) is 39.2 Å². The molecule has 0 spiro atoms. The number of carbonyl (C=O) groups excluding carboxylic acids is 3. The lowest BCUT2D eigenvalue weighted by molar-refractivity contribution is -0.384. The summed E-state index contributed by atoms with van der Waals surface area (Å²) >= 11 is 2.51. The second-order valence-corrected chi connectivity index (χ2v) is 14.6. The Kier molecular flexibility index (Phi) is 12.0. The van der Waals surface area contributed by atoms with E-state index in [0.717, 1.165) is 16.7 Å². The number of hydrogen-bond donors (Lipinski definition) is 3. The highest BCUT2D eigenvalue weighted by Crippen LogP contribution is 2.38. The number of thiazole rings is 1. The topological polar surface area (TPSA) is 143 Å². The fraction of sp³-hybridized carbons (Fsp3) is 0.0222. The molecule has 0 aliphatic rings. The highest BCUT2D eigenvalue weighted by Gasteiger charge is 2.24. The second-order valence-electron chi connectivity index (χ2n) is 12.6. The minimum absolute atomic E-state index is 0.0452. The summed E-state index contributed by atoms with van der Waals surface area (Å²) in [6.45, 7) is 0. The van der Waals surface area contributed by atoms with Crippen LogP contribution in [0.25, 0.3) is 28.5 Å². The lowest BCUT2D eigenvalue weighted by atomic mass is 10.0. The Morgan fingerprint density at radius 1 is 0.702 bits per heavy atom. The quantitative estimate of drug-likeness (QED) is 0.0457. The van der Waals surface area contributed by atoms with Crippen LogP contribution in [0, 0.1) is 10.1 Å². The molecule has 0 bridgehead atoms. The first-order valence-corrected chi connectivity index (χ1v) is 19.4. The van der Waals surface area contributed by atoms with Crippen LogP contribution in [0.15, 0.2) is 180 Å². The Labute approximate surface area is 336 Å². The Morgan fingerprint density at radius 3 is 2.07 bits per heavy atom. The minimum atomic E-state index is -0.707. The lowest BCUT2D eigenvalue weighted by Crippen LogP contribution is -2.30. The monoisotopic (exact) mass is 787 g/mol. The number of benzene rings is 6. The van der Waals surface area contributed by atoms with Crippen molar-refractivity contribution in [3.63, 3.8) is 0 Å². The summed E-state index contributed by atoms with van der Waals surface area (Å²) in [5, 5.41) is 21.3. The maximum Gasteiger partial charge on any atom is 0.272 e. The van der Waals surface area contributed by atoms with Gasteiger partial charge < -0.3 is 16.0 Å². The minimum Gasteiger partial charge on any atom is -0.321 e. The number of carbonyl (C=O) groups is 3. The van der Waals surface area contributed by atoms with Gasteiger partial charge in [-0.3, -0.25) is 24.5 Å². The molecule has 1 aromatic heterocycles. The molecule has 12 heteroatoms. The summed E-state index contributed by atoms with van der Waals surface area (Å²) in [4.78, 5) is 57.1. The van der Waals surface area contributed by atoms with Crippen molar-refractivity contribution in [3.8, 4) is 22.4 Å². The number of aromatic nitrogens is 1. The molecule has 280 valence electrons. The normalized spacial score (nSPS) is 11.6. The molecule has 7 aromatic rings. The van der Waals surface area contributed by atoms with Crippen LogP contribution in [0.4, 0.5) is 16.5 Å². The molecular formula is C45H33N5O5S2. The van der Waals surface area contributed by atoms with E-state index < -0.39 is 22.0 Å². The second kappa shape index (κ2) is 18.0. The summed E-state index contributed by atoms with van der Waals surface area (Å²) in [6, 6.07) is 48.8. The van der Waals surface area contributed by atoms with Crippen molar-refractivity contribution in [1.29, 1.82) is 0 Å². The molecular weight excluding hydrogens is 755 g/mol. The summed E-state index contributed by atoms with van der Waals surface area (Å²) in [5.74, 6) is -1.29. The predicted octanol–water partition coefficient (Wildman–Crippen LogP) is 10.3. The molecule has 1 unspecified atom stereocenters. The molecule has 10 nitrogen and oxygen atoms in total. The van der Waals surface area contributed by atoms with E-state index in [4.69, 9.17) is 0 Å². The van der Waals surface area contributed by atoms with E-state index in [2.05, 4.69) is 20.9 Å². The Balaban J connectivity index is 1.10. The van der Waals surface area contributed by atoms with Crippen molar-refractivity contribution < 1.29 is 19.3 Å². The van der Waals surface area contributed by atoms with E-state index in [1.807, 2.05) is 97.1 Å². The third kappa shape index (κ3) is 9.94. The molecule has 3 N–H and O–H groups in total. The van der Waals surface area contributed by atoms with Crippen LogP contribution >= 0.6 is 23.1 Å². The van der Waals surface area contributed by atoms with E-state index in [-0.39, 0.29) is 17.3 Å². The number of non-ortho nitro benzene ring substituents is 1. The largest absolute Gasteiger partial charge is 0.321 e. The number of thioether (sulfide) groups is 1. The average Bonchev–Trinajstić information content (AvgIpc) is 3.72. The average molecular weight is 788 g/mol. The third-order valence-electron chi connectivity index (χ3n) is 8.63. The van der Waals surface area contributed by atoms with Gasteiger partial charge in [0.1, 0.15) is 10.9 Å². The fourth-order valence-corrected chi connectivity index (χ4v) is 7.61. The van der Waals surface area contributed by atoms with Gasteiger partial charge in [-0.25, -0.2) is 4.98 Å². The van der Waals surface area contributed by atoms with Gasteiger partial charge in [-0.2, -0.15) is 0 Å². The van der Waals surface area contributed by atoms with Gasteiger partial charge in [-0.15, -0.1) is 23.1 Å². The molecule has 0 aliphatic carbocycles. The number of rotatable bonds is 13. The van der Waals surface area contributed by atoms with Gasteiger partial charge in [0.2, 0.25) is 5.91 Å². The number of hydrogen-bond acceptors (Lipinski definition) is 8. The van der Waals surface area contributed by atoms with Gasteiger partial charge in [0.05, 0.1) is 10.6 Å². The smallest absolute Gasteiger partial charge is 0.272 e. The third-order valence-corrected chi connectivity index (χ3v) is 10.6. The van der Waals surface area contributed by atoms with Crippen molar-refractivity contribution in [3.05, 3.63) is 202 Å². The van der Waals surface area contributed by atoms with E-state index in [1.165, 1.54) is 35.2 Å². The van der Waals surface area contributed by atoms with Crippen LogP contribution in [0.1, 0.15) is 26.7 Å². The van der Waals surface area contributed by atoms with Crippen molar-refractivity contribution in [1.82, 2.24) is 10.3 Å². The fourth-order valence-electron chi connectivity index (χ4n) is 5.81. The van der Waals surface area contributed by atoms with Crippen LogP contribution in [0.3, 0.4) is 0 Å². The zero-order valence-corrected chi connectivity index (χ0v) is 31.7. The summed E-state index contributed by atoms with van der Waals surface area (Å²) in [7, 11) is 0. The van der Waals surface area contributed by atoms with Gasteiger partial charge in [0.15, 0.2) is 5.13 Å².